The number of fused-ring (bicyclic) bond motifs is 1. The standard InChI is InChI=1S/C32H35N3O6/c1-22-12-13-24(19-26(22)31(36)38-2)30-27-20-25(14-15-28(27)35(34-30)29-11-6-7-17-40-29)39-18-8-16-33-32(37)41-21-23-9-4-3-5-10-23/h3-5,9-10,12-15,19-20,29H,6-8,11,16-18,21H2,1-2H3,(H,33,37). The first kappa shape index (κ1) is 28.2. The van der Waals surface area contributed by atoms with E-state index in [4.69, 9.17) is 24.0 Å². The van der Waals surface area contributed by atoms with Gasteiger partial charge in [0.25, 0.3) is 0 Å². The van der Waals surface area contributed by atoms with E-state index in [9.17, 15) is 9.59 Å². The summed E-state index contributed by atoms with van der Waals surface area (Å²) >= 11 is 0. The summed E-state index contributed by atoms with van der Waals surface area (Å²) in [4.78, 5) is 24.4. The molecule has 5 rings (SSSR count). The normalized spacial score (nSPS) is 14.9. The molecule has 1 N–H and O–H groups in total. The molecule has 2 heterocycles. The van der Waals surface area contributed by atoms with E-state index in [1.165, 1.54) is 7.11 Å². The van der Waals surface area contributed by atoms with Crippen molar-refractivity contribution in [1.82, 2.24) is 15.1 Å². The van der Waals surface area contributed by atoms with Crippen LogP contribution in [-0.2, 0) is 20.8 Å². The first-order valence-electron chi connectivity index (χ1n) is 13.9. The van der Waals surface area contributed by atoms with Crippen LogP contribution < -0.4 is 10.1 Å². The molecule has 1 unspecified atom stereocenters. The first-order valence-corrected chi connectivity index (χ1v) is 13.9. The van der Waals surface area contributed by atoms with Gasteiger partial charge in [0, 0.05) is 24.1 Å². The zero-order chi connectivity index (χ0) is 28.6. The minimum absolute atomic E-state index is 0.148. The highest BCUT2D eigenvalue weighted by molar-refractivity contribution is 5.97. The molecule has 0 aliphatic carbocycles. The average molecular weight is 558 g/mol. The molecule has 3 aromatic carbocycles. The Bertz CT molecular complexity index is 1490. The van der Waals surface area contributed by atoms with Crippen molar-refractivity contribution in [2.24, 2.45) is 0 Å². The summed E-state index contributed by atoms with van der Waals surface area (Å²) in [5, 5.41) is 8.63. The molecule has 41 heavy (non-hydrogen) atoms. The number of carbonyl (C=O) groups is 2. The van der Waals surface area contributed by atoms with Crippen LogP contribution in [0.3, 0.4) is 0 Å². The molecule has 1 aromatic heterocycles. The van der Waals surface area contributed by atoms with Crippen LogP contribution in [0.2, 0.25) is 0 Å². The van der Waals surface area contributed by atoms with Gasteiger partial charge < -0.3 is 24.3 Å². The van der Waals surface area contributed by atoms with Crippen LogP contribution in [0.15, 0.2) is 66.7 Å². The molecule has 1 aliphatic heterocycles. The van der Waals surface area contributed by atoms with E-state index in [2.05, 4.69) is 5.32 Å². The second-order valence-electron chi connectivity index (χ2n) is 10.0. The number of nitrogens with one attached hydrogen (secondary N) is 1. The molecule has 1 saturated heterocycles. The topological polar surface area (TPSA) is 101 Å². The number of alkyl carbamates (subject to hydrolysis) is 1. The number of carbonyl (C=O) groups excluding carboxylic acids is 2. The second kappa shape index (κ2) is 13.3. The number of hydrogen-bond donors (Lipinski definition) is 1. The third-order valence-corrected chi connectivity index (χ3v) is 7.09. The molecule has 0 saturated carbocycles. The Hall–Kier alpha value is -4.37. The molecular formula is C32H35N3O6. The van der Waals surface area contributed by atoms with Gasteiger partial charge in [0.15, 0.2) is 6.23 Å². The monoisotopic (exact) mass is 557 g/mol. The third-order valence-electron chi connectivity index (χ3n) is 7.09. The van der Waals surface area contributed by atoms with Crippen LogP contribution >= 0.6 is 0 Å². The van der Waals surface area contributed by atoms with Crippen molar-refractivity contribution in [3.05, 3.63) is 83.4 Å². The predicted molar refractivity (Wildman–Crippen MR) is 155 cm³/mol. The van der Waals surface area contributed by atoms with Crippen LogP contribution in [0.5, 0.6) is 5.75 Å². The molecule has 214 valence electrons. The summed E-state index contributed by atoms with van der Waals surface area (Å²) in [6, 6.07) is 21.1. The summed E-state index contributed by atoms with van der Waals surface area (Å²) in [5.74, 6) is 0.306. The zero-order valence-corrected chi connectivity index (χ0v) is 23.4. The smallest absolute Gasteiger partial charge is 0.407 e. The third kappa shape index (κ3) is 6.86. The second-order valence-corrected chi connectivity index (χ2v) is 10.0. The number of methoxy groups -OCH3 is 1. The van der Waals surface area contributed by atoms with Crippen molar-refractivity contribution in [3.8, 4) is 17.0 Å². The van der Waals surface area contributed by atoms with Crippen LogP contribution in [0.4, 0.5) is 4.79 Å². The molecule has 0 spiro atoms. The molecule has 1 atom stereocenters. The number of aryl methyl sites for hydroxylation is 1. The highest BCUT2D eigenvalue weighted by Gasteiger charge is 2.23. The van der Waals surface area contributed by atoms with Gasteiger partial charge in [0.2, 0.25) is 0 Å². The highest BCUT2D eigenvalue weighted by atomic mass is 16.5. The number of aromatic nitrogens is 2. The Morgan fingerprint density at radius 1 is 1.07 bits per heavy atom. The molecule has 0 bridgehead atoms. The van der Waals surface area contributed by atoms with Crippen molar-refractivity contribution in [3.63, 3.8) is 0 Å². The number of hydrogen-bond acceptors (Lipinski definition) is 7. The molecule has 0 radical (unpaired) electrons. The maximum atomic E-state index is 12.4. The maximum absolute atomic E-state index is 12.4. The van der Waals surface area contributed by atoms with Gasteiger partial charge in [-0.3, -0.25) is 0 Å². The summed E-state index contributed by atoms with van der Waals surface area (Å²) in [6.45, 7) is 3.65. The van der Waals surface area contributed by atoms with Crippen molar-refractivity contribution in [2.75, 3.05) is 26.9 Å². The lowest BCUT2D eigenvalue weighted by atomic mass is 10.0. The van der Waals surface area contributed by atoms with Gasteiger partial charge in [-0.15, -0.1) is 0 Å². The lowest BCUT2D eigenvalue weighted by Crippen LogP contribution is -2.26. The molecule has 9 heteroatoms. The van der Waals surface area contributed by atoms with Gasteiger partial charge in [0.05, 0.1) is 24.8 Å². The van der Waals surface area contributed by atoms with E-state index in [0.29, 0.717) is 37.5 Å². The predicted octanol–water partition coefficient (Wildman–Crippen LogP) is 6.19. The fourth-order valence-electron chi connectivity index (χ4n) is 4.89. The Labute approximate surface area is 239 Å². The number of ether oxygens (including phenoxy) is 4. The SMILES string of the molecule is COC(=O)c1cc(-c2nn(C3CCCCO3)c3ccc(OCCCNC(=O)OCc4ccccc4)cc23)ccc1C. The van der Waals surface area contributed by atoms with Gasteiger partial charge in [-0.2, -0.15) is 5.10 Å². The summed E-state index contributed by atoms with van der Waals surface area (Å²) in [6.07, 6.45) is 3.01. The largest absolute Gasteiger partial charge is 0.494 e. The van der Waals surface area contributed by atoms with Crippen LogP contribution in [0, 0.1) is 6.92 Å². The fraction of sp³-hybridized carbons (Fsp3) is 0.344. The van der Waals surface area contributed by atoms with Gasteiger partial charge in [-0.1, -0.05) is 42.5 Å². The fourth-order valence-corrected chi connectivity index (χ4v) is 4.89. The lowest BCUT2D eigenvalue weighted by Gasteiger charge is -2.23. The molecule has 1 aliphatic rings. The summed E-state index contributed by atoms with van der Waals surface area (Å²) < 4.78 is 24.3. The van der Waals surface area contributed by atoms with E-state index >= 15 is 0 Å². The first-order chi connectivity index (χ1) is 20.0. The molecule has 4 aromatic rings. The highest BCUT2D eigenvalue weighted by Crippen LogP contribution is 2.35. The number of rotatable bonds is 10. The Morgan fingerprint density at radius 2 is 1.93 bits per heavy atom. The lowest BCUT2D eigenvalue weighted by molar-refractivity contribution is -0.0365. The van der Waals surface area contributed by atoms with Crippen LogP contribution in [-0.4, -0.2) is 48.7 Å². The van der Waals surface area contributed by atoms with Crippen molar-refractivity contribution < 1.29 is 28.5 Å². The number of amides is 1. The van der Waals surface area contributed by atoms with Crippen molar-refractivity contribution in [1.29, 1.82) is 0 Å². The van der Waals surface area contributed by atoms with E-state index in [-0.39, 0.29) is 18.8 Å². The summed E-state index contributed by atoms with van der Waals surface area (Å²) in [5.41, 5.74) is 4.76. The van der Waals surface area contributed by atoms with Gasteiger partial charge in [0.1, 0.15) is 18.1 Å². The summed E-state index contributed by atoms with van der Waals surface area (Å²) in [7, 11) is 1.38. The molecular weight excluding hydrogens is 522 g/mol. The van der Waals surface area contributed by atoms with Gasteiger partial charge >= 0.3 is 12.1 Å². The zero-order valence-electron chi connectivity index (χ0n) is 23.4. The maximum Gasteiger partial charge on any atom is 0.407 e. The van der Waals surface area contributed by atoms with E-state index in [1.807, 2.05) is 78.3 Å². The van der Waals surface area contributed by atoms with Gasteiger partial charge in [-0.05, 0) is 68.0 Å². The van der Waals surface area contributed by atoms with Crippen LogP contribution in [0.25, 0.3) is 22.2 Å². The Morgan fingerprint density at radius 3 is 2.71 bits per heavy atom. The van der Waals surface area contributed by atoms with Gasteiger partial charge in [-0.25, -0.2) is 14.3 Å². The molecule has 9 nitrogen and oxygen atoms in total. The number of nitrogens with zero attached hydrogens (tertiary/aromatic N) is 2. The Kier molecular flexibility index (Phi) is 9.15. The minimum Gasteiger partial charge on any atom is -0.494 e. The number of benzene rings is 3. The molecule has 1 amide bonds. The molecule has 1 fully saturated rings. The minimum atomic E-state index is -0.457. The van der Waals surface area contributed by atoms with E-state index in [1.54, 1.807) is 0 Å². The Balaban J connectivity index is 1.28. The quantitative estimate of drug-likeness (QED) is 0.183. The van der Waals surface area contributed by atoms with E-state index in [0.717, 1.165) is 52.5 Å². The van der Waals surface area contributed by atoms with E-state index < -0.39 is 6.09 Å². The van der Waals surface area contributed by atoms with Crippen molar-refractivity contribution >= 4 is 23.0 Å². The van der Waals surface area contributed by atoms with Crippen molar-refractivity contribution in [2.45, 2.75) is 45.4 Å². The van der Waals surface area contributed by atoms with Crippen LogP contribution in [0.1, 0.15) is 53.4 Å². The average Bonchev–Trinajstić information content (AvgIpc) is 3.39. The number of esters is 1.